The van der Waals surface area contributed by atoms with Gasteiger partial charge in [-0.1, -0.05) is 36.8 Å². The molecule has 0 saturated heterocycles. The molecule has 4 rings (SSSR count). The third-order valence-corrected chi connectivity index (χ3v) is 6.46. The molecule has 3 aromatic rings. The Kier molecular flexibility index (Phi) is 6.42. The minimum atomic E-state index is -0.238. The van der Waals surface area contributed by atoms with Crippen molar-refractivity contribution < 1.29 is 9.59 Å². The van der Waals surface area contributed by atoms with E-state index in [-0.39, 0.29) is 11.1 Å². The Morgan fingerprint density at radius 3 is 2.45 bits per heavy atom. The van der Waals surface area contributed by atoms with Gasteiger partial charge >= 0.3 is 0 Å². The summed E-state index contributed by atoms with van der Waals surface area (Å²) < 4.78 is 1.92. The molecule has 0 fully saturated rings. The summed E-state index contributed by atoms with van der Waals surface area (Å²) in [6, 6.07) is 17.3. The quantitative estimate of drug-likeness (QED) is 0.455. The highest BCUT2D eigenvalue weighted by Gasteiger charge is 2.25. The number of nitrogens with one attached hydrogen (secondary N) is 1. The fraction of sp³-hybridized carbons (Fsp3) is 0.292. The lowest BCUT2D eigenvalue weighted by Crippen LogP contribution is -2.18. The third kappa shape index (κ3) is 4.66. The maximum Gasteiger partial charge on any atom is 0.286 e. The number of carbonyl (C=O) groups excluding carboxylic acids is 2. The molecule has 0 radical (unpaired) electrons. The van der Waals surface area contributed by atoms with Crippen LogP contribution in [0.15, 0.2) is 59.5 Å². The van der Waals surface area contributed by atoms with Crippen molar-refractivity contribution in [3.63, 3.8) is 0 Å². The number of hydrogen-bond acceptors (Lipinski definition) is 4. The van der Waals surface area contributed by atoms with Gasteiger partial charge in [0.15, 0.2) is 5.69 Å². The van der Waals surface area contributed by atoms with Crippen molar-refractivity contribution in [2.75, 3.05) is 19.4 Å². The molecule has 0 bridgehead atoms. The third-order valence-electron chi connectivity index (χ3n) is 5.34. The van der Waals surface area contributed by atoms with Crippen LogP contribution in [-0.2, 0) is 12.8 Å². The van der Waals surface area contributed by atoms with Crippen molar-refractivity contribution in [1.82, 2.24) is 14.7 Å². The van der Waals surface area contributed by atoms with Crippen molar-refractivity contribution in [1.29, 1.82) is 0 Å². The van der Waals surface area contributed by atoms with Crippen LogP contribution in [-0.4, -0.2) is 39.9 Å². The van der Waals surface area contributed by atoms with Crippen LogP contribution < -0.4 is 5.32 Å². The van der Waals surface area contributed by atoms with E-state index in [9.17, 15) is 9.59 Å². The number of benzene rings is 2. The average molecular weight is 435 g/mol. The molecule has 0 spiro atoms. The summed E-state index contributed by atoms with van der Waals surface area (Å²) in [6.07, 6.45) is 5.06. The first kappa shape index (κ1) is 21.2. The first-order valence-electron chi connectivity index (χ1n) is 10.5. The monoisotopic (exact) mass is 434 g/mol. The number of fused-ring (bicyclic) bond motifs is 1. The number of anilines is 1. The molecule has 7 heteroatoms. The lowest BCUT2D eigenvalue weighted by atomic mass is 10.1. The van der Waals surface area contributed by atoms with E-state index in [2.05, 4.69) is 5.32 Å². The lowest BCUT2D eigenvalue weighted by Gasteiger charge is -2.13. The highest BCUT2D eigenvalue weighted by Crippen LogP contribution is 2.31. The molecule has 1 N–H and O–H groups in total. The van der Waals surface area contributed by atoms with Crippen molar-refractivity contribution in [2.24, 2.45) is 0 Å². The van der Waals surface area contributed by atoms with E-state index < -0.39 is 0 Å². The molecule has 31 heavy (non-hydrogen) atoms. The van der Waals surface area contributed by atoms with Crippen LogP contribution in [0.3, 0.4) is 0 Å². The van der Waals surface area contributed by atoms with Crippen molar-refractivity contribution in [3.05, 3.63) is 71.5 Å². The van der Waals surface area contributed by atoms with E-state index in [1.165, 1.54) is 4.90 Å². The van der Waals surface area contributed by atoms with Crippen LogP contribution in [0.25, 0.3) is 5.69 Å². The van der Waals surface area contributed by atoms with E-state index in [4.69, 9.17) is 5.10 Å². The molecule has 0 unspecified atom stereocenters. The molecule has 6 nitrogen and oxygen atoms in total. The summed E-state index contributed by atoms with van der Waals surface area (Å²) in [5.74, 6) is -0.238. The van der Waals surface area contributed by atoms with Gasteiger partial charge in [-0.15, -0.1) is 0 Å². The number of hydrogen-bond donors (Lipinski definition) is 1. The number of carbonyl (C=O) groups is 2. The molecule has 0 atom stereocenters. The Labute approximate surface area is 186 Å². The van der Waals surface area contributed by atoms with Crippen LogP contribution in [0.4, 0.5) is 10.5 Å². The van der Waals surface area contributed by atoms with Crippen LogP contribution in [0.2, 0.25) is 0 Å². The summed E-state index contributed by atoms with van der Waals surface area (Å²) in [5, 5.41) is 7.65. The zero-order chi connectivity index (χ0) is 21.8. The molecule has 1 aliphatic rings. The van der Waals surface area contributed by atoms with Gasteiger partial charge in [0, 0.05) is 30.2 Å². The van der Waals surface area contributed by atoms with Crippen LogP contribution in [0.5, 0.6) is 0 Å². The van der Waals surface area contributed by atoms with Crippen molar-refractivity contribution >= 4 is 28.6 Å². The van der Waals surface area contributed by atoms with E-state index in [0.717, 1.165) is 60.8 Å². The second-order valence-electron chi connectivity index (χ2n) is 7.79. The molecule has 1 heterocycles. The number of amides is 2. The molecule has 1 aliphatic carbocycles. The molecule has 1 aromatic heterocycles. The van der Waals surface area contributed by atoms with Gasteiger partial charge in [0.25, 0.3) is 11.1 Å². The topological polar surface area (TPSA) is 67.2 Å². The zero-order valence-electron chi connectivity index (χ0n) is 17.8. The Morgan fingerprint density at radius 2 is 1.68 bits per heavy atom. The highest BCUT2D eigenvalue weighted by molar-refractivity contribution is 8.13. The fourth-order valence-electron chi connectivity index (χ4n) is 3.77. The predicted octanol–water partition coefficient (Wildman–Crippen LogP) is 5.17. The van der Waals surface area contributed by atoms with E-state index >= 15 is 0 Å². The SMILES string of the molecule is CN(C)C(=O)Sc1ccccc1NC(=O)c1nn(-c2ccccc2)c2c1CCCCC2. The minimum Gasteiger partial charge on any atom is -0.339 e. The van der Waals surface area contributed by atoms with Gasteiger partial charge in [0.05, 0.1) is 11.4 Å². The molecule has 2 aromatic carbocycles. The summed E-state index contributed by atoms with van der Waals surface area (Å²) in [4.78, 5) is 27.7. The second-order valence-corrected chi connectivity index (χ2v) is 8.79. The summed E-state index contributed by atoms with van der Waals surface area (Å²) in [6.45, 7) is 0. The normalized spacial score (nSPS) is 13.2. The first-order chi connectivity index (χ1) is 15.0. The molecule has 160 valence electrons. The van der Waals surface area contributed by atoms with Gasteiger partial charge in [-0.3, -0.25) is 9.59 Å². The summed E-state index contributed by atoms with van der Waals surface area (Å²) >= 11 is 1.10. The maximum atomic E-state index is 13.3. The average Bonchev–Trinajstić information content (AvgIpc) is 2.96. The molecule has 0 saturated carbocycles. The van der Waals surface area contributed by atoms with Gasteiger partial charge in [0.2, 0.25) is 0 Å². The largest absolute Gasteiger partial charge is 0.339 e. The van der Waals surface area contributed by atoms with Gasteiger partial charge < -0.3 is 10.2 Å². The number of rotatable bonds is 4. The number of nitrogens with zero attached hydrogens (tertiary/aromatic N) is 3. The molecule has 0 aliphatic heterocycles. The van der Waals surface area contributed by atoms with E-state index in [0.29, 0.717) is 16.3 Å². The molecular weight excluding hydrogens is 408 g/mol. The summed E-state index contributed by atoms with van der Waals surface area (Å²) in [5.41, 5.74) is 4.21. The van der Waals surface area contributed by atoms with Gasteiger partial charge in [-0.2, -0.15) is 5.10 Å². The fourth-order valence-corrected chi connectivity index (χ4v) is 4.51. The Morgan fingerprint density at radius 1 is 0.968 bits per heavy atom. The highest BCUT2D eigenvalue weighted by atomic mass is 32.2. The number of thioether (sulfide) groups is 1. The maximum absolute atomic E-state index is 13.3. The smallest absolute Gasteiger partial charge is 0.286 e. The van der Waals surface area contributed by atoms with Crippen LogP contribution in [0, 0.1) is 0 Å². The summed E-state index contributed by atoms with van der Waals surface area (Å²) in [7, 11) is 3.42. The Hall–Kier alpha value is -3.06. The van der Waals surface area contributed by atoms with Gasteiger partial charge in [-0.05, 0) is 61.7 Å². The first-order valence-corrected chi connectivity index (χ1v) is 11.3. The molecule has 2 amide bonds. The minimum absolute atomic E-state index is 0.0936. The Balaban J connectivity index is 1.67. The van der Waals surface area contributed by atoms with Crippen molar-refractivity contribution in [2.45, 2.75) is 37.0 Å². The van der Waals surface area contributed by atoms with E-state index in [1.807, 2.05) is 59.3 Å². The van der Waals surface area contributed by atoms with Gasteiger partial charge in [0.1, 0.15) is 0 Å². The standard InChI is InChI=1S/C24H26N4O2S/c1-27(2)24(30)31-21-16-10-9-14-19(21)25-23(29)22-18-13-7-4-8-15-20(18)28(26-22)17-11-5-3-6-12-17/h3,5-6,9-12,14,16H,4,7-8,13,15H2,1-2H3,(H,25,29). The number of aromatic nitrogens is 2. The van der Waals surface area contributed by atoms with E-state index in [1.54, 1.807) is 14.1 Å². The van der Waals surface area contributed by atoms with Crippen LogP contribution in [0.1, 0.15) is 41.0 Å². The zero-order valence-corrected chi connectivity index (χ0v) is 18.6. The van der Waals surface area contributed by atoms with Gasteiger partial charge in [-0.25, -0.2) is 4.68 Å². The second kappa shape index (κ2) is 9.39. The lowest BCUT2D eigenvalue weighted by molar-refractivity contribution is 0.102. The number of para-hydroxylation sites is 2. The Bertz CT molecular complexity index is 1090. The molecular formula is C24H26N4O2S. The van der Waals surface area contributed by atoms with Crippen LogP contribution >= 0.6 is 11.8 Å². The predicted molar refractivity (Wildman–Crippen MR) is 124 cm³/mol. The van der Waals surface area contributed by atoms with Crippen molar-refractivity contribution in [3.8, 4) is 5.69 Å².